The van der Waals surface area contributed by atoms with Crippen LogP contribution in [0.3, 0.4) is 0 Å². The fourth-order valence-electron chi connectivity index (χ4n) is 4.00. The van der Waals surface area contributed by atoms with Gasteiger partial charge in [-0.25, -0.2) is 15.0 Å². The second-order valence-corrected chi connectivity index (χ2v) is 8.11. The van der Waals surface area contributed by atoms with E-state index < -0.39 is 11.7 Å². The predicted octanol–water partition coefficient (Wildman–Crippen LogP) is 4.17. The van der Waals surface area contributed by atoms with Gasteiger partial charge in [0.2, 0.25) is 5.91 Å². The van der Waals surface area contributed by atoms with Crippen molar-refractivity contribution in [3.63, 3.8) is 0 Å². The second kappa shape index (κ2) is 8.51. The van der Waals surface area contributed by atoms with Crippen molar-refractivity contribution in [2.75, 3.05) is 30.3 Å². The molecule has 1 aliphatic heterocycles. The molecule has 0 saturated carbocycles. The van der Waals surface area contributed by atoms with Gasteiger partial charge in [0, 0.05) is 36.6 Å². The number of rotatable bonds is 3. The number of pyridine rings is 1. The van der Waals surface area contributed by atoms with Gasteiger partial charge in [-0.1, -0.05) is 18.2 Å². The molecule has 1 atom stereocenters. The summed E-state index contributed by atoms with van der Waals surface area (Å²) in [6, 6.07) is 4.89. The Balaban J connectivity index is 1.77. The molecule has 0 spiro atoms. The fourth-order valence-corrected chi connectivity index (χ4v) is 4.25. The molecule has 1 aliphatic rings. The topological polar surface area (TPSA) is 88.2 Å². The van der Waals surface area contributed by atoms with Crippen molar-refractivity contribution >= 4 is 40.0 Å². The van der Waals surface area contributed by atoms with Gasteiger partial charge < -0.3 is 15.5 Å². The highest BCUT2D eigenvalue weighted by Crippen LogP contribution is 2.41. The van der Waals surface area contributed by atoms with E-state index in [4.69, 9.17) is 17.3 Å². The van der Waals surface area contributed by atoms with Gasteiger partial charge >= 0.3 is 6.18 Å². The van der Waals surface area contributed by atoms with E-state index in [1.807, 2.05) is 11.8 Å². The number of piperazine rings is 1. The number of halogens is 4. The van der Waals surface area contributed by atoms with Crippen molar-refractivity contribution in [3.05, 3.63) is 53.8 Å². The number of anilines is 2. The number of nitrogen functional groups attached to an aromatic ring is 1. The van der Waals surface area contributed by atoms with Gasteiger partial charge in [0.15, 0.2) is 0 Å². The maximum atomic E-state index is 13.6. The summed E-state index contributed by atoms with van der Waals surface area (Å²) in [4.78, 5) is 28.3. The number of aromatic nitrogens is 3. The largest absolute Gasteiger partial charge is 0.418 e. The molecule has 1 aromatic carbocycles. The van der Waals surface area contributed by atoms with Gasteiger partial charge in [-0.15, -0.1) is 0 Å². The molecule has 0 radical (unpaired) electrons. The lowest BCUT2D eigenvalue weighted by Gasteiger charge is -2.40. The first kappa shape index (κ1) is 22.8. The van der Waals surface area contributed by atoms with Crippen LogP contribution in [0.1, 0.15) is 12.5 Å². The van der Waals surface area contributed by atoms with E-state index in [1.54, 1.807) is 11.0 Å². The van der Waals surface area contributed by atoms with Gasteiger partial charge in [0.05, 0.1) is 21.8 Å². The summed E-state index contributed by atoms with van der Waals surface area (Å²) in [6.07, 6.45) is -2.00. The van der Waals surface area contributed by atoms with Crippen molar-refractivity contribution in [1.82, 2.24) is 19.9 Å². The Morgan fingerprint density at radius 3 is 2.70 bits per heavy atom. The summed E-state index contributed by atoms with van der Waals surface area (Å²) >= 11 is 6.45. The Kier molecular flexibility index (Phi) is 5.87. The summed E-state index contributed by atoms with van der Waals surface area (Å²) in [5.41, 5.74) is 4.84. The standard InChI is InChI=1S/C22H20ClF3N6O/c1-3-19(33)32-7-6-31(10-12(32)2)21-14-8-16(23)13(9-17(14)28-11-29-21)20-15(22(24,25)26)4-5-18(27)30-20/h3-5,8-9,11-12H,1,6-7,10H2,2H3,(H2,27,30). The highest BCUT2D eigenvalue weighted by atomic mass is 35.5. The molecule has 2 aromatic heterocycles. The quantitative estimate of drug-likeness (QED) is 0.571. The van der Waals surface area contributed by atoms with Crippen molar-refractivity contribution < 1.29 is 18.0 Å². The van der Waals surface area contributed by atoms with Crippen LogP contribution in [0.25, 0.3) is 22.2 Å². The van der Waals surface area contributed by atoms with Crippen molar-refractivity contribution in [2.45, 2.75) is 19.1 Å². The Hall–Kier alpha value is -3.40. The van der Waals surface area contributed by atoms with Gasteiger partial charge in [-0.3, -0.25) is 4.79 Å². The first-order valence-electron chi connectivity index (χ1n) is 10.1. The molecule has 1 fully saturated rings. The van der Waals surface area contributed by atoms with Gasteiger partial charge in [0.1, 0.15) is 18.0 Å². The highest BCUT2D eigenvalue weighted by molar-refractivity contribution is 6.34. The van der Waals surface area contributed by atoms with E-state index in [2.05, 4.69) is 21.5 Å². The first-order valence-corrected chi connectivity index (χ1v) is 10.4. The third-order valence-corrected chi connectivity index (χ3v) is 5.88. The molecule has 172 valence electrons. The number of fused-ring (bicyclic) bond motifs is 1. The lowest BCUT2D eigenvalue weighted by molar-refractivity contribution is -0.137. The fraction of sp³-hybridized carbons (Fsp3) is 0.273. The van der Waals surface area contributed by atoms with Gasteiger partial charge in [-0.05, 0) is 37.3 Å². The average Bonchev–Trinajstić information content (AvgIpc) is 2.76. The molecular formula is C22H20ClF3N6O. The number of benzene rings is 1. The molecule has 2 N–H and O–H groups in total. The predicted molar refractivity (Wildman–Crippen MR) is 121 cm³/mol. The molecule has 7 nitrogen and oxygen atoms in total. The number of amides is 1. The molecule has 1 unspecified atom stereocenters. The maximum Gasteiger partial charge on any atom is 0.418 e. The molecule has 4 rings (SSSR count). The lowest BCUT2D eigenvalue weighted by atomic mass is 10.0. The van der Waals surface area contributed by atoms with E-state index in [0.717, 1.165) is 12.1 Å². The third kappa shape index (κ3) is 4.30. The number of carbonyl (C=O) groups excluding carboxylic acids is 1. The summed E-state index contributed by atoms with van der Waals surface area (Å²) in [5.74, 6) is 0.388. The highest BCUT2D eigenvalue weighted by Gasteiger charge is 2.35. The van der Waals surface area contributed by atoms with Crippen LogP contribution in [0.2, 0.25) is 5.02 Å². The molecule has 1 saturated heterocycles. The van der Waals surface area contributed by atoms with E-state index in [-0.39, 0.29) is 34.0 Å². The Morgan fingerprint density at radius 1 is 1.27 bits per heavy atom. The third-order valence-electron chi connectivity index (χ3n) is 5.57. The summed E-state index contributed by atoms with van der Waals surface area (Å²) < 4.78 is 40.7. The lowest BCUT2D eigenvalue weighted by Crippen LogP contribution is -2.54. The van der Waals surface area contributed by atoms with Crippen molar-refractivity contribution in [2.24, 2.45) is 0 Å². The van der Waals surface area contributed by atoms with Crippen LogP contribution in [-0.4, -0.2) is 51.4 Å². The smallest absolute Gasteiger partial charge is 0.384 e. The summed E-state index contributed by atoms with van der Waals surface area (Å²) in [5, 5.41) is 0.648. The molecule has 3 heterocycles. The molecule has 0 aliphatic carbocycles. The Bertz CT molecular complexity index is 1250. The number of nitrogens with two attached hydrogens (primary N) is 1. The van der Waals surface area contributed by atoms with Crippen LogP contribution >= 0.6 is 11.6 Å². The van der Waals surface area contributed by atoms with E-state index in [9.17, 15) is 18.0 Å². The van der Waals surface area contributed by atoms with Crippen molar-refractivity contribution in [3.8, 4) is 11.3 Å². The van der Waals surface area contributed by atoms with Crippen LogP contribution in [0.5, 0.6) is 0 Å². The number of hydrogen-bond donors (Lipinski definition) is 1. The average molecular weight is 477 g/mol. The van der Waals surface area contributed by atoms with E-state index >= 15 is 0 Å². The molecule has 11 heteroatoms. The van der Waals surface area contributed by atoms with Crippen LogP contribution in [0, 0.1) is 0 Å². The number of carbonyl (C=O) groups is 1. The number of nitrogens with zero attached hydrogens (tertiary/aromatic N) is 5. The summed E-state index contributed by atoms with van der Waals surface area (Å²) in [7, 11) is 0. The van der Waals surface area contributed by atoms with Crippen LogP contribution < -0.4 is 10.6 Å². The zero-order valence-corrected chi connectivity index (χ0v) is 18.4. The molecular weight excluding hydrogens is 457 g/mol. The molecule has 1 amide bonds. The minimum absolute atomic E-state index is 0.0570. The van der Waals surface area contributed by atoms with E-state index in [0.29, 0.717) is 36.4 Å². The monoisotopic (exact) mass is 476 g/mol. The SMILES string of the molecule is C=CC(=O)N1CCN(c2ncnc3cc(-c4nc(N)ccc4C(F)(F)F)c(Cl)cc23)CC1C. The first-order chi connectivity index (χ1) is 15.6. The minimum Gasteiger partial charge on any atom is -0.384 e. The van der Waals surface area contributed by atoms with Crippen LogP contribution in [0.15, 0.2) is 43.2 Å². The summed E-state index contributed by atoms with van der Waals surface area (Å²) in [6.45, 7) is 6.97. The Morgan fingerprint density at radius 2 is 2.03 bits per heavy atom. The van der Waals surface area contributed by atoms with Crippen LogP contribution in [0.4, 0.5) is 24.8 Å². The van der Waals surface area contributed by atoms with Crippen LogP contribution in [-0.2, 0) is 11.0 Å². The second-order valence-electron chi connectivity index (χ2n) is 7.71. The van der Waals surface area contributed by atoms with Gasteiger partial charge in [0.25, 0.3) is 0 Å². The molecule has 0 bridgehead atoms. The zero-order chi connectivity index (χ0) is 23.9. The van der Waals surface area contributed by atoms with Crippen molar-refractivity contribution in [1.29, 1.82) is 0 Å². The minimum atomic E-state index is -4.64. The van der Waals surface area contributed by atoms with E-state index in [1.165, 1.54) is 18.5 Å². The van der Waals surface area contributed by atoms with Gasteiger partial charge in [-0.2, -0.15) is 13.2 Å². The zero-order valence-electron chi connectivity index (χ0n) is 17.6. The Labute approximate surface area is 192 Å². The molecule has 3 aromatic rings. The normalized spacial score (nSPS) is 16.8. The number of hydrogen-bond acceptors (Lipinski definition) is 6. The molecule has 33 heavy (non-hydrogen) atoms. The maximum absolute atomic E-state index is 13.6. The number of alkyl halides is 3.